The number of rotatable bonds is 5. The summed E-state index contributed by atoms with van der Waals surface area (Å²) in [6.07, 6.45) is 1.79. The number of fused-ring (bicyclic) bond motifs is 1. The van der Waals surface area contributed by atoms with E-state index in [0.29, 0.717) is 0 Å². The van der Waals surface area contributed by atoms with E-state index in [4.69, 9.17) is 4.52 Å². The number of nitrogens with one attached hydrogen (secondary N) is 1. The van der Waals surface area contributed by atoms with Gasteiger partial charge in [-0.05, 0) is 6.54 Å². The van der Waals surface area contributed by atoms with Crippen molar-refractivity contribution in [3.05, 3.63) is 29.7 Å². The standard InChI is InChI=1S/C12H18N6O/c1-2-13-6-10-5-11(19-16-10)7-17-3-4-18-9-14-15-12(18)8-17/h5,9,13H,2-4,6-8H2,1H3. The molecule has 1 aliphatic rings. The van der Waals surface area contributed by atoms with Crippen LogP contribution in [0.25, 0.3) is 0 Å². The molecule has 0 bridgehead atoms. The van der Waals surface area contributed by atoms with Crippen molar-refractivity contribution in [3.8, 4) is 0 Å². The van der Waals surface area contributed by atoms with Crippen LogP contribution in [0.1, 0.15) is 24.2 Å². The Bertz CT molecular complexity index is 534. The van der Waals surface area contributed by atoms with Crippen molar-refractivity contribution < 1.29 is 4.52 Å². The molecule has 0 saturated heterocycles. The molecule has 2 aromatic heterocycles. The molecule has 1 N–H and O–H groups in total. The van der Waals surface area contributed by atoms with Gasteiger partial charge >= 0.3 is 0 Å². The van der Waals surface area contributed by atoms with Gasteiger partial charge in [-0.2, -0.15) is 0 Å². The van der Waals surface area contributed by atoms with Crippen LogP contribution >= 0.6 is 0 Å². The first-order valence-electron chi connectivity index (χ1n) is 6.59. The van der Waals surface area contributed by atoms with Gasteiger partial charge in [-0.15, -0.1) is 10.2 Å². The van der Waals surface area contributed by atoms with Crippen molar-refractivity contribution in [2.45, 2.75) is 33.1 Å². The van der Waals surface area contributed by atoms with Crippen LogP contribution in [-0.4, -0.2) is 37.9 Å². The quantitative estimate of drug-likeness (QED) is 0.840. The fourth-order valence-electron chi connectivity index (χ4n) is 2.24. The molecule has 102 valence electrons. The fraction of sp³-hybridized carbons (Fsp3) is 0.583. The van der Waals surface area contributed by atoms with Gasteiger partial charge in [0.2, 0.25) is 0 Å². The molecule has 0 saturated carbocycles. The molecule has 3 heterocycles. The number of aromatic nitrogens is 4. The van der Waals surface area contributed by atoms with E-state index in [1.165, 1.54) is 0 Å². The predicted octanol–water partition coefficient (Wildman–Crippen LogP) is 0.391. The average Bonchev–Trinajstić information content (AvgIpc) is 3.05. The summed E-state index contributed by atoms with van der Waals surface area (Å²) in [5, 5.41) is 15.3. The maximum Gasteiger partial charge on any atom is 0.151 e. The highest BCUT2D eigenvalue weighted by molar-refractivity contribution is 5.05. The van der Waals surface area contributed by atoms with Crippen LogP contribution in [0.4, 0.5) is 0 Å². The zero-order valence-electron chi connectivity index (χ0n) is 11.0. The smallest absolute Gasteiger partial charge is 0.151 e. The maximum atomic E-state index is 5.36. The second kappa shape index (κ2) is 5.50. The monoisotopic (exact) mass is 262 g/mol. The van der Waals surface area contributed by atoms with Crippen LogP contribution in [0.5, 0.6) is 0 Å². The molecule has 1 aliphatic heterocycles. The van der Waals surface area contributed by atoms with Gasteiger partial charge < -0.3 is 14.4 Å². The van der Waals surface area contributed by atoms with Crippen LogP contribution in [0.15, 0.2) is 16.9 Å². The first-order chi connectivity index (χ1) is 9.35. The molecule has 0 radical (unpaired) electrons. The molecule has 19 heavy (non-hydrogen) atoms. The minimum Gasteiger partial charge on any atom is -0.360 e. The molecule has 7 heteroatoms. The Hall–Kier alpha value is -1.73. The largest absolute Gasteiger partial charge is 0.360 e. The van der Waals surface area contributed by atoms with E-state index in [9.17, 15) is 0 Å². The van der Waals surface area contributed by atoms with E-state index in [2.05, 4.69) is 37.1 Å². The Balaban J connectivity index is 1.58. The van der Waals surface area contributed by atoms with E-state index in [0.717, 1.165) is 56.5 Å². The zero-order chi connectivity index (χ0) is 13.1. The summed E-state index contributed by atoms with van der Waals surface area (Å²) in [7, 11) is 0. The van der Waals surface area contributed by atoms with E-state index in [-0.39, 0.29) is 0 Å². The molecular formula is C12H18N6O. The highest BCUT2D eigenvalue weighted by Gasteiger charge is 2.18. The lowest BCUT2D eigenvalue weighted by Gasteiger charge is -2.25. The summed E-state index contributed by atoms with van der Waals surface area (Å²) in [5.74, 6) is 1.92. The van der Waals surface area contributed by atoms with Crippen molar-refractivity contribution in [2.75, 3.05) is 13.1 Å². The first kappa shape index (κ1) is 12.3. The highest BCUT2D eigenvalue weighted by Crippen LogP contribution is 2.13. The van der Waals surface area contributed by atoms with Crippen LogP contribution < -0.4 is 5.32 Å². The number of nitrogens with zero attached hydrogens (tertiary/aromatic N) is 5. The van der Waals surface area contributed by atoms with Gasteiger partial charge in [0.25, 0.3) is 0 Å². The minimum atomic E-state index is 0.758. The normalized spacial score (nSPS) is 15.6. The minimum absolute atomic E-state index is 0.758. The summed E-state index contributed by atoms with van der Waals surface area (Å²) in [4.78, 5) is 2.29. The Labute approximate surface area is 111 Å². The Morgan fingerprint density at radius 2 is 2.37 bits per heavy atom. The first-order valence-corrected chi connectivity index (χ1v) is 6.59. The van der Waals surface area contributed by atoms with Gasteiger partial charge in [0.05, 0.1) is 18.8 Å². The van der Waals surface area contributed by atoms with E-state index in [1.54, 1.807) is 6.33 Å². The van der Waals surface area contributed by atoms with Crippen LogP contribution in [-0.2, 0) is 26.2 Å². The van der Waals surface area contributed by atoms with Gasteiger partial charge in [-0.25, -0.2) is 0 Å². The Morgan fingerprint density at radius 1 is 1.42 bits per heavy atom. The van der Waals surface area contributed by atoms with Gasteiger partial charge in [0, 0.05) is 25.7 Å². The third kappa shape index (κ3) is 2.82. The zero-order valence-corrected chi connectivity index (χ0v) is 11.0. The number of hydrogen-bond acceptors (Lipinski definition) is 6. The lowest BCUT2D eigenvalue weighted by Crippen LogP contribution is -2.33. The topological polar surface area (TPSA) is 72.0 Å². The fourth-order valence-corrected chi connectivity index (χ4v) is 2.24. The summed E-state index contributed by atoms with van der Waals surface area (Å²) in [6, 6.07) is 2.02. The molecule has 7 nitrogen and oxygen atoms in total. The second-order valence-electron chi connectivity index (χ2n) is 4.72. The van der Waals surface area contributed by atoms with E-state index >= 15 is 0 Å². The average molecular weight is 262 g/mol. The van der Waals surface area contributed by atoms with Crippen LogP contribution in [0, 0.1) is 0 Å². The second-order valence-corrected chi connectivity index (χ2v) is 4.72. The lowest BCUT2D eigenvalue weighted by atomic mass is 10.3. The number of hydrogen-bond donors (Lipinski definition) is 1. The molecule has 3 rings (SSSR count). The van der Waals surface area contributed by atoms with Crippen LogP contribution in [0.2, 0.25) is 0 Å². The molecule has 0 aromatic carbocycles. The van der Waals surface area contributed by atoms with Crippen molar-refractivity contribution in [1.29, 1.82) is 0 Å². The summed E-state index contributed by atoms with van der Waals surface area (Å²) >= 11 is 0. The molecule has 0 fully saturated rings. The van der Waals surface area contributed by atoms with Crippen molar-refractivity contribution in [2.24, 2.45) is 0 Å². The van der Waals surface area contributed by atoms with E-state index in [1.807, 2.05) is 6.07 Å². The third-order valence-corrected chi connectivity index (χ3v) is 3.26. The molecule has 0 unspecified atom stereocenters. The molecule has 2 aromatic rings. The van der Waals surface area contributed by atoms with Gasteiger partial charge in [0.15, 0.2) is 5.76 Å². The van der Waals surface area contributed by atoms with Crippen molar-refractivity contribution >= 4 is 0 Å². The van der Waals surface area contributed by atoms with Gasteiger partial charge in [-0.3, -0.25) is 4.90 Å². The molecule has 0 aliphatic carbocycles. The molecule has 0 atom stereocenters. The molecular weight excluding hydrogens is 244 g/mol. The SMILES string of the molecule is CCNCc1cc(CN2CCn3cnnc3C2)on1. The van der Waals surface area contributed by atoms with Gasteiger partial charge in [-0.1, -0.05) is 12.1 Å². The predicted molar refractivity (Wildman–Crippen MR) is 68.0 cm³/mol. The van der Waals surface area contributed by atoms with Crippen molar-refractivity contribution in [3.63, 3.8) is 0 Å². The lowest BCUT2D eigenvalue weighted by molar-refractivity contribution is 0.186. The van der Waals surface area contributed by atoms with E-state index < -0.39 is 0 Å². The molecule has 0 spiro atoms. The summed E-state index contributed by atoms with van der Waals surface area (Å²) < 4.78 is 7.45. The molecule has 0 amide bonds. The Morgan fingerprint density at radius 3 is 3.26 bits per heavy atom. The van der Waals surface area contributed by atoms with Crippen LogP contribution in [0.3, 0.4) is 0 Å². The maximum absolute atomic E-state index is 5.36. The third-order valence-electron chi connectivity index (χ3n) is 3.26. The van der Waals surface area contributed by atoms with Gasteiger partial charge in [0.1, 0.15) is 12.2 Å². The Kier molecular flexibility index (Phi) is 3.56. The van der Waals surface area contributed by atoms with Crippen molar-refractivity contribution in [1.82, 2.24) is 30.1 Å². The summed E-state index contributed by atoms with van der Waals surface area (Å²) in [6.45, 7) is 7.26. The summed E-state index contributed by atoms with van der Waals surface area (Å²) in [5.41, 5.74) is 0.956. The highest BCUT2D eigenvalue weighted by atomic mass is 16.5.